The number of carboxylic acid groups (broad SMARTS) is 1. The summed E-state index contributed by atoms with van der Waals surface area (Å²) in [5.41, 5.74) is -0.190. The molecule has 0 saturated carbocycles. The number of aliphatic hydroxyl groups is 2. The van der Waals surface area contributed by atoms with Crippen molar-refractivity contribution in [2.24, 2.45) is 0 Å². The molecule has 11 nitrogen and oxygen atoms in total. The Labute approximate surface area is 218 Å². The van der Waals surface area contributed by atoms with Crippen LogP contribution in [0.25, 0.3) is 0 Å². The van der Waals surface area contributed by atoms with Gasteiger partial charge in [0, 0.05) is 17.2 Å². The molecule has 1 aromatic carbocycles. The van der Waals surface area contributed by atoms with Gasteiger partial charge in [0.15, 0.2) is 0 Å². The standard InChI is InChI=1S/C17H19I3N2O9/c1-30-6-8(25)21-15-13(19)10(12(18)11(14(15)20)17(28)29)16(27)22(3-7(24)5-23)4-9(26)31-2/h7,23-24H,3-6H2,1-2H3,(H,21,25)(H,28,29). The summed E-state index contributed by atoms with van der Waals surface area (Å²) in [6.07, 6.45) is -1.34. The Morgan fingerprint density at radius 2 is 1.65 bits per heavy atom. The lowest BCUT2D eigenvalue weighted by Crippen LogP contribution is -2.43. The minimum absolute atomic E-state index is 0.0826. The van der Waals surface area contributed by atoms with Gasteiger partial charge >= 0.3 is 11.9 Å². The number of carbonyl (C=O) groups is 4. The summed E-state index contributed by atoms with van der Waals surface area (Å²) >= 11 is 5.26. The molecule has 4 N–H and O–H groups in total. The summed E-state index contributed by atoms with van der Waals surface area (Å²) in [7, 11) is 2.44. The van der Waals surface area contributed by atoms with Crippen LogP contribution < -0.4 is 5.32 Å². The van der Waals surface area contributed by atoms with Gasteiger partial charge in [0.2, 0.25) is 5.91 Å². The van der Waals surface area contributed by atoms with Crippen LogP contribution in [0, 0.1) is 10.7 Å². The van der Waals surface area contributed by atoms with Crippen LogP contribution in [-0.4, -0.2) is 90.6 Å². The van der Waals surface area contributed by atoms with Gasteiger partial charge in [-0.2, -0.15) is 0 Å². The molecule has 0 aliphatic rings. The molecular weight excluding hydrogens is 757 g/mol. The molecule has 0 saturated heterocycles. The van der Waals surface area contributed by atoms with Gasteiger partial charge in [-0.15, -0.1) is 0 Å². The molecule has 31 heavy (non-hydrogen) atoms. The van der Waals surface area contributed by atoms with Crippen molar-refractivity contribution in [3.63, 3.8) is 0 Å². The van der Waals surface area contributed by atoms with Gasteiger partial charge in [0.25, 0.3) is 5.91 Å². The quantitative estimate of drug-likeness (QED) is 0.199. The summed E-state index contributed by atoms with van der Waals surface area (Å²) < 4.78 is 9.88. The number of aliphatic hydroxyl groups excluding tert-OH is 2. The first-order chi connectivity index (χ1) is 14.5. The fourth-order valence-electron chi connectivity index (χ4n) is 2.37. The zero-order valence-corrected chi connectivity index (χ0v) is 22.8. The highest BCUT2D eigenvalue weighted by atomic mass is 127. The average molecular weight is 776 g/mol. The van der Waals surface area contributed by atoms with Gasteiger partial charge in [-0.1, -0.05) is 0 Å². The van der Waals surface area contributed by atoms with E-state index < -0.39 is 49.6 Å². The Morgan fingerprint density at radius 3 is 2.13 bits per heavy atom. The molecule has 0 radical (unpaired) electrons. The van der Waals surface area contributed by atoms with Gasteiger partial charge in [-0.3, -0.25) is 14.4 Å². The minimum Gasteiger partial charge on any atom is -0.478 e. The van der Waals surface area contributed by atoms with Crippen molar-refractivity contribution >= 4 is 97.2 Å². The van der Waals surface area contributed by atoms with Gasteiger partial charge in [0.1, 0.15) is 13.2 Å². The topological polar surface area (TPSA) is 163 Å². The molecular formula is C17H19I3N2O9. The van der Waals surface area contributed by atoms with E-state index in [1.807, 2.05) is 0 Å². The van der Waals surface area contributed by atoms with E-state index in [1.54, 1.807) is 67.8 Å². The zero-order chi connectivity index (χ0) is 23.9. The van der Waals surface area contributed by atoms with Crippen molar-refractivity contribution in [3.05, 3.63) is 21.8 Å². The van der Waals surface area contributed by atoms with Gasteiger partial charge in [0.05, 0.1) is 43.8 Å². The van der Waals surface area contributed by atoms with Crippen molar-refractivity contribution in [2.45, 2.75) is 6.10 Å². The fourth-order valence-corrected chi connectivity index (χ4v) is 6.72. The Balaban J connectivity index is 3.67. The number of hydrogen-bond acceptors (Lipinski definition) is 8. The zero-order valence-electron chi connectivity index (χ0n) is 16.3. The molecule has 1 rings (SSSR count). The molecule has 0 aliphatic heterocycles. The van der Waals surface area contributed by atoms with Crippen LogP contribution in [0.4, 0.5) is 5.69 Å². The van der Waals surface area contributed by atoms with E-state index in [0.29, 0.717) is 0 Å². The predicted octanol–water partition coefficient (Wildman–Crippen LogP) is 0.752. The first-order valence-corrected chi connectivity index (χ1v) is 11.6. The fraction of sp³-hybridized carbons (Fsp3) is 0.412. The smallest absolute Gasteiger partial charge is 0.337 e. The number of carboxylic acids is 1. The Kier molecular flexibility index (Phi) is 11.8. The molecule has 14 heteroatoms. The van der Waals surface area contributed by atoms with Gasteiger partial charge in [-0.25, -0.2) is 4.79 Å². The minimum atomic E-state index is -1.34. The number of benzene rings is 1. The highest BCUT2D eigenvalue weighted by molar-refractivity contribution is 14.1. The molecule has 0 bridgehead atoms. The number of aromatic carboxylic acids is 1. The van der Waals surface area contributed by atoms with Crippen LogP contribution in [0.3, 0.4) is 0 Å². The number of nitrogens with one attached hydrogen (secondary N) is 1. The number of hydrogen-bond donors (Lipinski definition) is 4. The molecule has 1 aromatic rings. The van der Waals surface area contributed by atoms with E-state index in [9.17, 15) is 29.4 Å². The lowest BCUT2D eigenvalue weighted by molar-refractivity contribution is -0.141. The van der Waals surface area contributed by atoms with Crippen molar-refractivity contribution in [1.29, 1.82) is 0 Å². The maximum atomic E-state index is 13.3. The number of ether oxygens (including phenoxy) is 2. The van der Waals surface area contributed by atoms with Crippen LogP contribution in [0.15, 0.2) is 0 Å². The number of methoxy groups -OCH3 is 2. The number of esters is 1. The highest BCUT2D eigenvalue weighted by Gasteiger charge is 2.32. The molecule has 1 unspecified atom stereocenters. The SMILES string of the molecule is COCC(=O)Nc1c(I)c(C(=O)O)c(I)c(C(=O)N(CC(=O)OC)CC(O)CO)c1I. The van der Waals surface area contributed by atoms with Crippen LogP contribution in [0.1, 0.15) is 20.7 Å². The second-order valence-corrected chi connectivity index (χ2v) is 9.19. The average Bonchev–Trinajstić information content (AvgIpc) is 2.70. The maximum absolute atomic E-state index is 13.3. The molecule has 0 aromatic heterocycles. The third-order valence-corrected chi connectivity index (χ3v) is 7.00. The summed E-state index contributed by atoms with van der Waals surface area (Å²) in [4.78, 5) is 50.0. The number of nitrogens with zero attached hydrogens (tertiary/aromatic N) is 1. The molecule has 0 fully saturated rings. The van der Waals surface area contributed by atoms with E-state index in [-0.39, 0.29) is 34.1 Å². The summed E-state index contributed by atoms with van der Waals surface area (Å²) in [5, 5.41) is 31.2. The van der Waals surface area contributed by atoms with Crippen LogP contribution >= 0.6 is 67.8 Å². The Morgan fingerprint density at radius 1 is 1.06 bits per heavy atom. The number of amides is 2. The van der Waals surface area contributed by atoms with E-state index >= 15 is 0 Å². The van der Waals surface area contributed by atoms with E-state index in [1.165, 1.54) is 7.11 Å². The van der Waals surface area contributed by atoms with Gasteiger partial charge in [-0.05, 0) is 67.8 Å². The first kappa shape index (κ1) is 28.2. The third-order valence-electron chi connectivity index (χ3n) is 3.76. The second-order valence-electron chi connectivity index (χ2n) is 5.95. The number of rotatable bonds is 10. The second kappa shape index (κ2) is 13.0. The van der Waals surface area contributed by atoms with Crippen molar-refractivity contribution in [2.75, 3.05) is 45.8 Å². The Bertz CT molecular complexity index is 879. The third kappa shape index (κ3) is 7.34. The highest BCUT2D eigenvalue weighted by Crippen LogP contribution is 2.36. The molecule has 1 atom stereocenters. The van der Waals surface area contributed by atoms with Crippen LogP contribution in [-0.2, 0) is 19.1 Å². The summed E-state index contributed by atoms with van der Waals surface area (Å²) in [6, 6.07) is 0. The van der Waals surface area contributed by atoms with E-state index in [2.05, 4.69) is 10.1 Å². The number of carbonyl (C=O) groups excluding carboxylic acids is 3. The van der Waals surface area contributed by atoms with E-state index in [4.69, 9.17) is 9.84 Å². The summed E-state index contributed by atoms with van der Waals surface area (Å²) in [6.45, 7) is -1.90. The molecule has 0 spiro atoms. The monoisotopic (exact) mass is 776 g/mol. The van der Waals surface area contributed by atoms with E-state index in [0.717, 1.165) is 12.0 Å². The molecule has 172 valence electrons. The van der Waals surface area contributed by atoms with Gasteiger partial charge < -0.3 is 35.0 Å². The first-order valence-electron chi connectivity index (χ1n) is 8.37. The van der Waals surface area contributed by atoms with Crippen LogP contribution in [0.2, 0.25) is 0 Å². The largest absolute Gasteiger partial charge is 0.478 e. The van der Waals surface area contributed by atoms with Crippen molar-refractivity contribution in [3.8, 4) is 0 Å². The maximum Gasteiger partial charge on any atom is 0.337 e. The lowest BCUT2D eigenvalue weighted by Gasteiger charge is -2.26. The van der Waals surface area contributed by atoms with Crippen LogP contribution in [0.5, 0.6) is 0 Å². The van der Waals surface area contributed by atoms with Crippen molar-refractivity contribution in [1.82, 2.24) is 4.90 Å². The number of anilines is 1. The predicted molar refractivity (Wildman–Crippen MR) is 133 cm³/mol. The lowest BCUT2D eigenvalue weighted by atomic mass is 10.1. The molecule has 0 heterocycles. The summed E-state index contributed by atoms with van der Waals surface area (Å²) in [5.74, 6) is -3.44. The Hall–Kier alpha value is -0.830. The molecule has 0 aliphatic carbocycles. The normalized spacial score (nSPS) is 11.6. The number of halogens is 3. The van der Waals surface area contributed by atoms with Crippen molar-refractivity contribution < 1.29 is 44.0 Å². The molecule has 2 amide bonds.